The van der Waals surface area contributed by atoms with Crippen LogP contribution in [0.25, 0.3) is 0 Å². The fraction of sp³-hybridized carbons (Fsp3) is 0.417. The predicted octanol–water partition coefficient (Wildman–Crippen LogP) is 2.38. The molecule has 86 valence electrons. The Balaban J connectivity index is 2.21. The van der Waals surface area contributed by atoms with E-state index in [0.29, 0.717) is 6.54 Å². The second-order valence-electron chi connectivity index (χ2n) is 3.90. The first kappa shape index (κ1) is 11.3. The van der Waals surface area contributed by atoms with Crippen LogP contribution in [0, 0.1) is 6.92 Å². The number of anilines is 1. The molecule has 4 heteroatoms. The Morgan fingerprint density at radius 3 is 3.12 bits per heavy atom. The first-order valence-corrected chi connectivity index (χ1v) is 6.36. The summed E-state index contributed by atoms with van der Waals surface area (Å²) in [5, 5.41) is 8.73. The Morgan fingerprint density at radius 1 is 1.56 bits per heavy atom. The van der Waals surface area contributed by atoms with Gasteiger partial charge in [-0.25, -0.2) is 0 Å². The van der Waals surface area contributed by atoms with Gasteiger partial charge in [0, 0.05) is 23.7 Å². The average molecular weight is 237 g/mol. The summed E-state index contributed by atoms with van der Waals surface area (Å²) in [5.74, 6) is 0.309. The average Bonchev–Trinajstić information content (AvgIpc) is 2.26. The fourth-order valence-corrected chi connectivity index (χ4v) is 3.12. The van der Waals surface area contributed by atoms with Gasteiger partial charge >= 0.3 is 5.97 Å². The number of benzene rings is 1. The third-order valence-electron chi connectivity index (χ3n) is 2.73. The van der Waals surface area contributed by atoms with Crippen molar-refractivity contribution in [1.82, 2.24) is 0 Å². The summed E-state index contributed by atoms with van der Waals surface area (Å²) >= 11 is 1.85. The van der Waals surface area contributed by atoms with Crippen LogP contribution in [0.4, 0.5) is 5.69 Å². The van der Waals surface area contributed by atoms with E-state index in [0.717, 1.165) is 12.3 Å². The number of carboxylic acids is 1. The smallest absolute Gasteiger partial charge is 0.305 e. The highest BCUT2D eigenvalue weighted by molar-refractivity contribution is 7.99. The zero-order valence-corrected chi connectivity index (χ0v) is 10.1. The van der Waals surface area contributed by atoms with E-state index in [2.05, 4.69) is 30.0 Å². The van der Waals surface area contributed by atoms with Crippen molar-refractivity contribution in [3.8, 4) is 0 Å². The first-order valence-electron chi connectivity index (χ1n) is 5.37. The summed E-state index contributed by atoms with van der Waals surface area (Å²) in [6.07, 6.45) is 0.207. The van der Waals surface area contributed by atoms with Gasteiger partial charge in [-0.1, -0.05) is 12.1 Å². The third kappa shape index (κ3) is 2.32. The minimum Gasteiger partial charge on any atom is -0.481 e. The van der Waals surface area contributed by atoms with Gasteiger partial charge in [-0.2, -0.15) is 0 Å². The number of carboxylic acid groups (broad SMARTS) is 1. The lowest BCUT2D eigenvalue weighted by Crippen LogP contribution is -2.31. The van der Waals surface area contributed by atoms with E-state index in [9.17, 15) is 4.79 Å². The molecule has 1 aromatic carbocycles. The van der Waals surface area contributed by atoms with Gasteiger partial charge in [0.25, 0.3) is 0 Å². The molecule has 0 aromatic heterocycles. The van der Waals surface area contributed by atoms with Gasteiger partial charge in [-0.3, -0.25) is 4.79 Å². The van der Waals surface area contributed by atoms with E-state index in [-0.39, 0.29) is 6.42 Å². The van der Waals surface area contributed by atoms with E-state index in [4.69, 9.17) is 5.11 Å². The number of rotatable bonds is 3. The van der Waals surface area contributed by atoms with Gasteiger partial charge in [0.1, 0.15) is 0 Å². The Bertz CT molecular complexity index is 406. The van der Waals surface area contributed by atoms with Crippen molar-refractivity contribution in [2.24, 2.45) is 0 Å². The van der Waals surface area contributed by atoms with Gasteiger partial charge in [-0.05, 0) is 18.6 Å². The molecule has 0 radical (unpaired) electrons. The summed E-state index contributed by atoms with van der Waals surface area (Å²) in [6, 6.07) is 6.25. The van der Waals surface area contributed by atoms with Crippen molar-refractivity contribution in [2.75, 3.05) is 23.7 Å². The number of aryl methyl sites for hydroxylation is 1. The number of para-hydroxylation sites is 1. The molecule has 1 aliphatic rings. The third-order valence-corrected chi connectivity index (χ3v) is 3.76. The molecule has 1 heterocycles. The van der Waals surface area contributed by atoms with Crippen LogP contribution in [0.3, 0.4) is 0 Å². The van der Waals surface area contributed by atoms with Crippen LogP contribution in [-0.2, 0) is 4.79 Å². The summed E-state index contributed by atoms with van der Waals surface area (Å²) in [4.78, 5) is 14.1. The van der Waals surface area contributed by atoms with Crippen LogP contribution >= 0.6 is 11.8 Å². The van der Waals surface area contributed by atoms with Crippen molar-refractivity contribution in [3.63, 3.8) is 0 Å². The van der Waals surface area contributed by atoms with E-state index < -0.39 is 5.97 Å². The van der Waals surface area contributed by atoms with Crippen LogP contribution in [0.15, 0.2) is 23.1 Å². The standard InChI is InChI=1S/C12H15NO2S/c1-9-3-2-4-10-12(9)13(7-8-16-10)6-5-11(14)15/h2-4H,5-8H2,1H3,(H,14,15). The molecule has 3 nitrogen and oxygen atoms in total. The summed E-state index contributed by atoms with van der Waals surface area (Å²) < 4.78 is 0. The lowest BCUT2D eigenvalue weighted by atomic mass is 10.1. The second-order valence-corrected chi connectivity index (χ2v) is 5.04. The van der Waals surface area contributed by atoms with Crippen molar-refractivity contribution in [3.05, 3.63) is 23.8 Å². The zero-order valence-electron chi connectivity index (χ0n) is 9.27. The Kier molecular flexibility index (Phi) is 3.39. The van der Waals surface area contributed by atoms with Crippen molar-refractivity contribution in [1.29, 1.82) is 0 Å². The van der Waals surface area contributed by atoms with Crippen LogP contribution in [0.1, 0.15) is 12.0 Å². The minimum atomic E-state index is -0.728. The number of carbonyl (C=O) groups is 1. The maximum Gasteiger partial charge on any atom is 0.305 e. The quantitative estimate of drug-likeness (QED) is 0.876. The number of hydrogen-bond donors (Lipinski definition) is 1. The number of fused-ring (bicyclic) bond motifs is 1. The van der Waals surface area contributed by atoms with E-state index >= 15 is 0 Å². The highest BCUT2D eigenvalue weighted by Crippen LogP contribution is 2.36. The monoisotopic (exact) mass is 237 g/mol. The molecule has 0 unspecified atom stereocenters. The topological polar surface area (TPSA) is 40.5 Å². The van der Waals surface area contributed by atoms with Gasteiger partial charge in [-0.15, -0.1) is 11.8 Å². The minimum absolute atomic E-state index is 0.207. The van der Waals surface area contributed by atoms with E-state index in [1.165, 1.54) is 16.1 Å². The van der Waals surface area contributed by atoms with Crippen LogP contribution in [-0.4, -0.2) is 29.9 Å². The Morgan fingerprint density at radius 2 is 2.38 bits per heavy atom. The number of nitrogens with zero attached hydrogens (tertiary/aromatic N) is 1. The molecule has 1 N–H and O–H groups in total. The molecule has 1 aromatic rings. The molecule has 16 heavy (non-hydrogen) atoms. The Labute approximate surface area is 99.5 Å². The number of thioether (sulfide) groups is 1. The van der Waals surface area contributed by atoms with Crippen molar-refractivity contribution < 1.29 is 9.90 Å². The molecule has 2 rings (SSSR count). The molecule has 0 fully saturated rings. The van der Waals surface area contributed by atoms with Gasteiger partial charge in [0.15, 0.2) is 0 Å². The highest BCUT2D eigenvalue weighted by atomic mass is 32.2. The lowest BCUT2D eigenvalue weighted by molar-refractivity contribution is -0.136. The largest absolute Gasteiger partial charge is 0.481 e. The molecule has 0 saturated heterocycles. The predicted molar refractivity (Wildman–Crippen MR) is 66.4 cm³/mol. The molecular formula is C12H15NO2S. The number of aliphatic carboxylic acids is 1. The molecule has 0 atom stereocenters. The van der Waals surface area contributed by atoms with Gasteiger partial charge in [0.05, 0.1) is 12.1 Å². The molecule has 1 aliphatic heterocycles. The normalized spacial score (nSPS) is 14.7. The first-order chi connectivity index (χ1) is 7.68. The van der Waals surface area contributed by atoms with E-state index in [1.807, 2.05) is 11.8 Å². The fourth-order valence-electron chi connectivity index (χ4n) is 1.99. The molecule has 0 spiro atoms. The summed E-state index contributed by atoms with van der Waals surface area (Å²) in [6.45, 7) is 3.63. The highest BCUT2D eigenvalue weighted by Gasteiger charge is 2.19. The molecule has 0 bridgehead atoms. The van der Waals surface area contributed by atoms with Crippen LogP contribution in [0.2, 0.25) is 0 Å². The molecule has 0 amide bonds. The molecule has 0 saturated carbocycles. The molecular weight excluding hydrogens is 222 g/mol. The Hall–Kier alpha value is -1.16. The zero-order chi connectivity index (χ0) is 11.5. The van der Waals surface area contributed by atoms with Crippen molar-refractivity contribution in [2.45, 2.75) is 18.2 Å². The van der Waals surface area contributed by atoms with Gasteiger partial charge in [0.2, 0.25) is 0 Å². The lowest BCUT2D eigenvalue weighted by Gasteiger charge is -2.31. The maximum absolute atomic E-state index is 10.6. The van der Waals surface area contributed by atoms with Gasteiger partial charge < -0.3 is 10.0 Å². The summed E-state index contributed by atoms with van der Waals surface area (Å²) in [5.41, 5.74) is 2.45. The molecule has 0 aliphatic carbocycles. The number of hydrogen-bond acceptors (Lipinski definition) is 3. The maximum atomic E-state index is 10.6. The SMILES string of the molecule is Cc1cccc2c1N(CCC(=O)O)CCS2. The second kappa shape index (κ2) is 4.78. The van der Waals surface area contributed by atoms with Crippen LogP contribution < -0.4 is 4.90 Å². The van der Waals surface area contributed by atoms with Crippen molar-refractivity contribution >= 4 is 23.4 Å². The van der Waals surface area contributed by atoms with Crippen LogP contribution in [0.5, 0.6) is 0 Å². The summed E-state index contributed by atoms with van der Waals surface area (Å²) in [7, 11) is 0. The van der Waals surface area contributed by atoms with E-state index in [1.54, 1.807) is 0 Å².